The number of carbonyl (C=O) groups excluding carboxylic acids is 1. The van der Waals surface area contributed by atoms with Crippen LogP contribution in [-0.2, 0) is 4.74 Å². The summed E-state index contributed by atoms with van der Waals surface area (Å²) in [4.78, 5) is 11.4. The number of rotatable bonds is 7. The molecule has 0 atom stereocenters. The van der Waals surface area contributed by atoms with Gasteiger partial charge in [0.2, 0.25) is 0 Å². The molecule has 0 aliphatic heterocycles. The maximum Gasteiger partial charge on any atom is 0.319 e. The van der Waals surface area contributed by atoms with Crippen LogP contribution in [0.4, 0.5) is 10.5 Å². The van der Waals surface area contributed by atoms with Crippen molar-refractivity contribution in [2.75, 3.05) is 31.6 Å². The summed E-state index contributed by atoms with van der Waals surface area (Å²) in [7, 11) is 0. The molecule has 0 unspecified atom stereocenters. The second-order valence-electron chi connectivity index (χ2n) is 3.42. The molecule has 0 bridgehead atoms. The fourth-order valence-corrected chi connectivity index (χ4v) is 1.21. The molecule has 1 aromatic carbocycles. The van der Waals surface area contributed by atoms with Gasteiger partial charge in [0.05, 0.1) is 6.61 Å². The summed E-state index contributed by atoms with van der Waals surface area (Å²) >= 11 is 0. The van der Waals surface area contributed by atoms with Gasteiger partial charge in [-0.1, -0.05) is 12.1 Å². The van der Waals surface area contributed by atoms with Gasteiger partial charge < -0.3 is 21.1 Å². The van der Waals surface area contributed by atoms with Gasteiger partial charge in [0.15, 0.2) is 0 Å². The van der Waals surface area contributed by atoms with Crippen molar-refractivity contribution in [2.24, 2.45) is 5.73 Å². The first-order chi connectivity index (χ1) is 8.33. The van der Waals surface area contributed by atoms with E-state index in [2.05, 4.69) is 16.7 Å². The van der Waals surface area contributed by atoms with Crippen LogP contribution >= 0.6 is 0 Å². The Labute approximate surface area is 101 Å². The summed E-state index contributed by atoms with van der Waals surface area (Å²) in [6.07, 6.45) is 0.774. The fraction of sp³-hybridized carbons (Fsp3) is 0.417. The molecule has 4 N–H and O–H groups in total. The van der Waals surface area contributed by atoms with E-state index in [4.69, 9.17) is 10.5 Å². The molecule has 5 heteroatoms. The molecule has 0 saturated heterocycles. The van der Waals surface area contributed by atoms with E-state index in [9.17, 15) is 4.79 Å². The Morgan fingerprint density at radius 2 is 2.12 bits per heavy atom. The first-order valence-corrected chi connectivity index (χ1v) is 5.61. The van der Waals surface area contributed by atoms with Crippen LogP contribution < -0.4 is 16.4 Å². The molecule has 0 aliphatic carbocycles. The molecule has 0 aromatic heterocycles. The lowest BCUT2D eigenvalue weighted by atomic mass is 10.3. The van der Waals surface area contributed by atoms with Gasteiger partial charge in [0.25, 0.3) is 0 Å². The molecular formula is C12H18N3O2. The van der Waals surface area contributed by atoms with Crippen molar-refractivity contribution >= 4 is 11.7 Å². The van der Waals surface area contributed by atoms with E-state index in [1.807, 2.05) is 0 Å². The molecule has 1 aromatic rings. The normalized spacial score (nSPS) is 9.94. The predicted octanol–water partition coefficient (Wildman–Crippen LogP) is 0.974. The number of hydrogen-bond donors (Lipinski definition) is 3. The Morgan fingerprint density at radius 3 is 2.82 bits per heavy atom. The number of hydrogen-bond acceptors (Lipinski definition) is 3. The number of carbonyl (C=O) groups is 1. The summed E-state index contributed by atoms with van der Waals surface area (Å²) in [5.74, 6) is 0. The van der Waals surface area contributed by atoms with Crippen molar-refractivity contribution in [3.05, 3.63) is 30.3 Å². The van der Waals surface area contributed by atoms with E-state index in [1.54, 1.807) is 24.3 Å². The maximum atomic E-state index is 11.4. The third-order valence-electron chi connectivity index (χ3n) is 1.99. The Hall–Kier alpha value is -1.59. The molecule has 1 rings (SSSR count). The van der Waals surface area contributed by atoms with Crippen LogP contribution in [0.1, 0.15) is 6.42 Å². The van der Waals surface area contributed by atoms with Crippen LogP contribution in [0.25, 0.3) is 0 Å². The van der Waals surface area contributed by atoms with Crippen LogP contribution in [0.5, 0.6) is 0 Å². The van der Waals surface area contributed by atoms with Crippen LogP contribution in [0.3, 0.4) is 0 Å². The average molecular weight is 236 g/mol. The van der Waals surface area contributed by atoms with Crippen molar-refractivity contribution in [3.63, 3.8) is 0 Å². The van der Waals surface area contributed by atoms with Crippen LogP contribution in [0.2, 0.25) is 0 Å². The van der Waals surface area contributed by atoms with Crippen molar-refractivity contribution in [3.8, 4) is 0 Å². The van der Waals surface area contributed by atoms with Gasteiger partial charge in [0, 0.05) is 25.4 Å². The zero-order valence-electron chi connectivity index (χ0n) is 9.74. The van der Waals surface area contributed by atoms with Crippen LogP contribution in [0, 0.1) is 6.07 Å². The predicted molar refractivity (Wildman–Crippen MR) is 66.8 cm³/mol. The van der Waals surface area contributed by atoms with Gasteiger partial charge in [-0.2, -0.15) is 0 Å². The second kappa shape index (κ2) is 8.55. The number of nitrogens with one attached hydrogen (secondary N) is 2. The molecule has 0 fully saturated rings. The number of benzene rings is 1. The smallest absolute Gasteiger partial charge is 0.319 e. The Morgan fingerprint density at radius 1 is 1.35 bits per heavy atom. The monoisotopic (exact) mass is 236 g/mol. The molecule has 1 radical (unpaired) electrons. The minimum absolute atomic E-state index is 0.213. The summed E-state index contributed by atoms with van der Waals surface area (Å²) in [6.45, 7) is 2.28. The Bertz CT molecular complexity index is 317. The van der Waals surface area contributed by atoms with E-state index in [-0.39, 0.29) is 6.03 Å². The minimum atomic E-state index is -0.213. The largest absolute Gasteiger partial charge is 0.380 e. The highest BCUT2D eigenvalue weighted by Crippen LogP contribution is 2.03. The molecule has 0 spiro atoms. The number of nitrogens with two attached hydrogens (primary N) is 1. The molecule has 0 saturated carbocycles. The topological polar surface area (TPSA) is 76.4 Å². The van der Waals surface area contributed by atoms with Gasteiger partial charge in [-0.25, -0.2) is 4.79 Å². The van der Waals surface area contributed by atoms with Gasteiger partial charge in [-0.15, -0.1) is 0 Å². The van der Waals surface area contributed by atoms with Gasteiger partial charge >= 0.3 is 6.03 Å². The molecule has 2 amide bonds. The maximum absolute atomic E-state index is 11.4. The molecule has 5 nitrogen and oxygen atoms in total. The van der Waals surface area contributed by atoms with E-state index < -0.39 is 0 Å². The number of urea groups is 1. The summed E-state index contributed by atoms with van der Waals surface area (Å²) in [6, 6.07) is 9.72. The standard InChI is InChI=1S/C12H18N3O2/c13-7-10-17-9-4-8-14-12(16)15-11-5-2-1-3-6-11/h2-3,5-6H,4,7-10,13H2,(H2,14,15,16). The molecule has 17 heavy (non-hydrogen) atoms. The zero-order valence-corrected chi connectivity index (χ0v) is 9.74. The van der Waals surface area contributed by atoms with E-state index in [0.29, 0.717) is 26.3 Å². The lowest BCUT2D eigenvalue weighted by Crippen LogP contribution is -2.30. The summed E-state index contributed by atoms with van der Waals surface area (Å²) in [5, 5.41) is 5.45. The lowest BCUT2D eigenvalue weighted by molar-refractivity contribution is 0.139. The van der Waals surface area contributed by atoms with Gasteiger partial charge in [0.1, 0.15) is 0 Å². The first-order valence-electron chi connectivity index (χ1n) is 5.61. The second-order valence-corrected chi connectivity index (χ2v) is 3.42. The highest BCUT2D eigenvalue weighted by atomic mass is 16.5. The zero-order chi connectivity index (χ0) is 12.3. The van der Waals surface area contributed by atoms with Gasteiger partial charge in [-0.3, -0.25) is 0 Å². The van der Waals surface area contributed by atoms with E-state index in [0.717, 1.165) is 12.1 Å². The third-order valence-corrected chi connectivity index (χ3v) is 1.99. The average Bonchev–Trinajstić information content (AvgIpc) is 2.35. The number of ether oxygens (including phenoxy) is 1. The Kier molecular flexibility index (Phi) is 6.78. The van der Waals surface area contributed by atoms with Crippen molar-refractivity contribution in [2.45, 2.75) is 6.42 Å². The van der Waals surface area contributed by atoms with Crippen molar-refractivity contribution in [1.82, 2.24) is 5.32 Å². The fourth-order valence-electron chi connectivity index (χ4n) is 1.21. The molecule has 0 heterocycles. The molecule has 93 valence electrons. The quantitative estimate of drug-likeness (QED) is 0.617. The SMILES string of the molecule is NCCOCCCNC(=O)Nc1cc[c]cc1. The van der Waals surface area contributed by atoms with E-state index in [1.165, 1.54) is 0 Å². The highest BCUT2D eigenvalue weighted by Gasteiger charge is 1.99. The first kappa shape index (κ1) is 13.5. The molecule has 0 aliphatic rings. The number of anilines is 1. The molecular weight excluding hydrogens is 218 g/mol. The summed E-state index contributed by atoms with van der Waals surface area (Å²) < 4.78 is 5.18. The summed E-state index contributed by atoms with van der Waals surface area (Å²) in [5.41, 5.74) is 6.02. The Balaban J connectivity index is 2.06. The highest BCUT2D eigenvalue weighted by molar-refractivity contribution is 5.89. The third kappa shape index (κ3) is 6.55. The van der Waals surface area contributed by atoms with Crippen molar-refractivity contribution in [1.29, 1.82) is 0 Å². The number of amides is 2. The minimum Gasteiger partial charge on any atom is -0.380 e. The van der Waals surface area contributed by atoms with E-state index >= 15 is 0 Å². The van der Waals surface area contributed by atoms with Gasteiger partial charge in [-0.05, 0) is 24.6 Å². The van der Waals surface area contributed by atoms with Crippen LogP contribution in [0.15, 0.2) is 24.3 Å². The lowest BCUT2D eigenvalue weighted by Gasteiger charge is -2.07. The van der Waals surface area contributed by atoms with Crippen LogP contribution in [-0.4, -0.2) is 32.3 Å². The van der Waals surface area contributed by atoms with Crippen molar-refractivity contribution < 1.29 is 9.53 Å².